The van der Waals surface area contributed by atoms with Gasteiger partial charge in [-0.05, 0) is 37.1 Å². The number of hydrogen-bond donors (Lipinski definition) is 2. The minimum absolute atomic E-state index is 0. The maximum atomic E-state index is 13.9. The average Bonchev–Trinajstić information content (AvgIpc) is 3.38. The number of aromatic nitrogens is 1. The lowest BCUT2D eigenvalue weighted by atomic mass is 9.96. The van der Waals surface area contributed by atoms with E-state index >= 15 is 0 Å². The molecule has 1 aliphatic rings. The molecule has 3 rings (SSSR count). The third-order valence-electron chi connectivity index (χ3n) is 3.96. The van der Waals surface area contributed by atoms with E-state index in [1.807, 2.05) is 30.3 Å². The first-order chi connectivity index (χ1) is 11.6. The highest BCUT2D eigenvalue weighted by Crippen LogP contribution is 2.49. The van der Waals surface area contributed by atoms with Gasteiger partial charge in [0.2, 0.25) is 0 Å². The summed E-state index contributed by atoms with van der Waals surface area (Å²) in [5, 5.41) is 3.02. The number of anilines is 1. The quantitative estimate of drug-likeness (QED) is 0.654. The fraction of sp³-hybridized carbons (Fsp3) is 0.167. The maximum Gasteiger partial charge on any atom is 0.258 e. The summed E-state index contributed by atoms with van der Waals surface area (Å²) in [6.45, 7) is 0. The predicted molar refractivity (Wildman–Crippen MR) is 93.1 cm³/mol. The number of amides is 1. The molecule has 0 spiro atoms. The zero-order valence-corrected chi connectivity index (χ0v) is 12.9. The van der Waals surface area contributed by atoms with E-state index in [9.17, 15) is 9.18 Å². The standard InChI is InChI=1S/C18H17FN4O.H2/c19-15-12-21-10-6-14(15)18(8-9-18)17(24)23-16(20)7-11-22-13-4-2-1-3-5-13;/h1-7,10-12,22H,8-9H2,(H2,20,23,24);1H/b11-7-;. The van der Waals surface area contributed by atoms with Gasteiger partial charge in [0, 0.05) is 25.1 Å². The number of rotatable bonds is 5. The van der Waals surface area contributed by atoms with Crippen LogP contribution in [0.2, 0.25) is 0 Å². The van der Waals surface area contributed by atoms with Gasteiger partial charge in [-0.15, -0.1) is 0 Å². The van der Waals surface area contributed by atoms with E-state index in [0.717, 1.165) is 11.9 Å². The Morgan fingerprint density at radius 1 is 1.33 bits per heavy atom. The molecule has 1 heterocycles. The first-order valence-electron chi connectivity index (χ1n) is 7.58. The van der Waals surface area contributed by atoms with Gasteiger partial charge in [-0.2, -0.15) is 4.99 Å². The highest BCUT2D eigenvalue weighted by molar-refractivity contribution is 6.04. The van der Waals surface area contributed by atoms with Crippen molar-refractivity contribution < 1.29 is 10.6 Å². The Labute approximate surface area is 140 Å². The zero-order chi connectivity index (χ0) is 17.0. The second-order valence-electron chi connectivity index (χ2n) is 5.62. The van der Waals surface area contributed by atoms with E-state index in [4.69, 9.17) is 5.73 Å². The number of pyridine rings is 1. The number of benzene rings is 1. The van der Waals surface area contributed by atoms with E-state index in [0.29, 0.717) is 18.4 Å². The van der Waals surface area contributed by atoms with Gasteiger partial charge < -0.3 is 11.1 Å². The summed E-state index contributed by atoms with van der Waals surface area (Å²) >= 11 is 0. The Balaban J connectivity index is 0.00000225. The highest BCUT2D eigenvalue weighted by atomic mass is 19.1. The van der Waals surface area contributed by atoms with Crippen LogP contribution < -0.4 is 11.1 Å². The molecule has 1 aliphatic carbocycles. The molecule has 0 radical (unpaired) electrons. The van der Waals surface area contributed by atoms with Gasteiger partial charge in [0.1, 0.15) is 11.7 Å². The third-order valence-corrected chi connectivity index (χ3v) is 3.96. The van der Waals surface area contributed by atoms with Crippen molar-refractivity contribution in [3.8, 4) is 0 Å². The lowest BCUT2D eigenvalue weighted by Crippen LogP contribution is -2.23. The lowest BCUT2D eigenvalue weighted by Gasteiger charge is -2.11. The summed E-state index contributed by atoms with van der Waals surface area (Å²) in [5.41, 5.74) is 6.12. The van der Waals surface area contributed by atoms with Crippen molar-refractivity contribution >= 4 is 17.4 Å². The molecular weight excluding hydrogens is 307 g/mol. The first kappa shape index (κ1) is 15.9. The number of carbonyl (C=O) groups excluding carboxylic acids is 1. The van der Waals surface area contributed by atoms with Gasteiger partial charge in [-0.25, -0.2) is 4.39 Å². The Morgan fingerprint density at radius 2 is 2.08 bits per heavy atom. The largest absolute Gasteiger partial charge is 0.384 e. The molecule has 5 nitrogen and oxygen atoms in total. The number of nitrogens with one attached hydrogen (secondary N) is 1. The van der Waals surface area contributed by atoms with Crippen molar-refractivity contribution in [1.82, 2.24) is 4.98 Å². The first-order valence-corrected chi connectivity index (χ1v) is 7.58. The fourth-order valence-electron chi connectivity index (χ4n) is 2.51. The van der Waals surface area contributed by atoms with Crippen molar-refractivity contribution in [2.45, 2.75) is 18.3 Å². The van der Waals surface area contributed by atoms with Crippen LogP contribution in [0.1, 0.15) is 19.8 Å². The molecule has 0 atom stereocenters. The molecule has 24 heavy (non-hydrogen) atoms. The Bertz CT molecular complexity index is 804. The van der Waals surface area contributed by atoms with Gasteiger partial charge in [-0.1, -0.05) is 18.2 Å². The average molecular weight is 326 g/mol. The van der Waals surface area contributed by atoms with Crippen molar-refractivity contribution in [3.63, 3.8) is 0 Å². The van der Waals surface area contributed by atoms with Crippen LogP contribution in [0.5, 0.6) is 0 Å². The monoisotopic (exact) mass is 326 g/mol. The fourth-order valence-corrected chi connectivity index (χ4v) is 2.51. The van der Waals surface area contributed by atoms with E-state index < -0.39 is 17.1 Å². The molecule has 0 aliphatic heterocycles. The van der Waals surface area contributed by atoms with Crippen LogP contribution in [-0.4, -0.2) is 16.7 Å². The van der Waals surface area contributed by atoms with Crippen LogP contribution in [0, 0.1) is 5.82 Å². The Hall–Kier alpha value is -3.02. The molecule has 2 aromatic rings. The summed E-state index contributed by atoms with van der Waals surface area (Å²) in [6, 6.07) is 11.0. The van der Waals surface area contributed by atoms with Crippen LogP contribution in [-0.2, 0) is 10.2 Å². The predicted octanol–water partition coefficient (Wildman–Crippen LogP) is 3.01. The molecule has 1 aromatic heterocycles. The molecule has 0 unspecified atom stereocenters. The number of halogens is 1. The second-order valence-corrected chi connectivity index (χ2v) is 5.62. The zero-order valence-electron chi connectivity index (χ0n) is 12.9. The number of hydrogen-bond acceptors (Lipinski definition) is 3. The second kappa shape index (κ2) is 6.62. The number of amidine groups is 1. The van der Waals surface area contributed by atoms with Crippen LogP contribution in [0.25, 0.3) is 0 Å². The van der Waals surface area contributed by atoms with Gasteiger partial charge >= 0.3 is 0 Å². The lowest BCUT2D eigenvalue weighted by molar-refractivity contribution is -0.120. The highest BCUT2D eigenvalue weighted by Gasteiger charge is 2.52. The molecular formula is C18H19FN4O. The summed E-state index contributed by atoms with van der Waals surface area (Å²) in [5.74, 6) is -0.836. The number of carbonyl (C=O) groups is 1. The number of para-hydroxylation sites is 1. The molecule has 0 bridgehead atoms. The number of nitrogens with two attached hydrogens (primary N) is 1. The van der Waals surface area contributed by atoms with Gasteiger partial charge in [0.05, 0.1) is 11.6 Å². The number of nitrogens with zero attached hydrogens (tertiary/aromatic N) is 2. The van der Waals surface area contributed by atoms with Crippen molar-refractivity contribution in [2.24, 2.45) is 10.7 Å². The summed E-state index contributed by atoms with van der Waals surface area (Å²) in [7, 11) is 0. The van der Waals surface area contributed by atoms with Crippen molar-refractivity contribution in [1.29, 1.82) is 0 Å². The molecule has 124 valence electrons. The molecule has 1 aromatic carbocycles. The topological polar surface area (TPSA) is 80.4 Å². The van der Waals surface area contributed by atoms with E-state index in [-0.39, 0.29) is 7.26 Å². The van der Waals surface area contributed by atoms with Gasteiger partial charge in [0.15, 0.2) is 0 Å². The van der Waals surface area contributed by atoms with E-state index in [1.165, 1.54) is 18.3 Å². The van der Waals surface area contributed by atoms with E-state index in [1.54, 1.807) is 6.20 Å². The normalized spacial score (nSPS) is 16.1. The molecule has 0 saturated heterocycles. The van der Waals surface area contributed by atoms with Crippen LogP contribution >= 0.6 is 0 Å². The summed E-state index contributed by atoms with van der Waals surface area (Å²) < 4.78 is 13.9. The van der Waals surface area contributed by atoms with Crippen molar-refractivity contribution in [2.75, 3.05) is 5.32 Å². The molecule has 1 saturated carbocycles. The smallest absolute Gasteiger partial charge is 0.258 e. The number of aliphatic imine (C=N–C) groups is 1. The van der Waals surface area contributed by atoms with E-state index in [2.05, 4.69) is 15.3 Å². The third kappa shape index (κ3) is 3.32. The minimum atomic E-state index is -0.891. The van der Waals surface area contributed by atoms with Crippen LogP contribution in [0.15, 0.2) is 66.1 Å². The molecule has 1 fully saturated rings. The Kier molecular flexibility index (Phi) is 4.37. The minimum Gasteiger partial charge on any atom is -0.384 e. The molecule has 3 N–H and O–H groups in total. The van der Waals surface area contributed by atoms with Crippen LogP contribution in [0.3, 0.4) is 0 Å². The van der Waals surface area contributed by atoms with Gasteiger partial charge in [0.25, 0.3) is 5.91 Å². The Morgan fingerprint density at radius 3 is 2.75 bits per heavy atom. The van der Waals surface area contributed by atoms with Gasteiger partial charge in [-0.3, -0.25) is 9.78 Å². The summed E-state index contributed by atoms with van der Waals surface area (Å²) in [6.07, 6.45) is 6.82. The molecule has 6 heteroatoms. The summed E-state index contributed by atoms with van der Waals surface area (Å²) in [4.78, 5) is 20.0. The SMILES string of the molecule is NC(/C=C\Nc1ccccc1)=NC(=O)C1(c2ccncc2F)CC1.[HH]. The van der Waals surface area contributed by atoms with Crippen molar-refractivity contribution in [3.05, 3.63) is 72.4 Å². The van der Waals surface area contributed by atoms with Crippen LogP contribution in [0.4, 0.5) is 10.1 Å². The molecule has 1 amide bonds. The maximum absolute atomic E-state index is 13.9.